The van der Waals surface area contributed by atoms with Gasteiger partial charge in [-0.1, -0.05) is 36.4 Å². The molecule has 4 heteroatoms. The van der Waals surface area contributed by atoms with Gasteiger partial charge in [-0.05, 0) is 35.4 Å². The first-order valence-corrected chi connectivity index (χ1v) is 7.68. The predicted molar refractivity (Wildman–Crippen MR) is 94.8 cm³/mol. The van der Waals surface area contributed by atoms with E-state index in [4.69, 9.17) is 0 Å². The standard InChI is InChI=1S/C20H17N3O/c24-19(9-8-16-5-2-1-3-6-16)23-15-18-7-4-12-22-20(18)17-10-13-21-14-11-17/h1-14H,15H2,(H,23,24)/b9-8+. The topological polar surface area (TPSA) is 54.9 Å². The summed E-state index contributed by atoms with van der Waals surface area (Å²) in [6.45, 7) is 0.420. The summed E-state index contributed by atoms with van der Waals surface area (Å²) < 4.78 is 0. The smallest absolute Gasteiger partial charge is 0.244 e. The molecule has 0 radical (unpaired) electrons. The van der Waals surface area contributed by atoms with Gasteiger partial charge < -0.3 is 5.32 Å². The lowest BCUT2D eigenvalue weighted by molar-refractivity contribution is -0.116. The summed E-state index contributed by atoms with van der Waals surface area (Å²) in [5.74, 6) is -0.136. The molecule has 3 rings (SSSR count). The van der Waals surface area contributed by atoms with Gasteiger partial charge in [0.05, 0.1) is 5.69 Å². The van der Waals surface area contributed by atoms with Gasteiger partial charge in [-0.3, -0.25) is 14.8 Å². The minimum atomic E-state index is -0.136. The Morgan fingerprint density at radius 1 is 0.958 bits per heavy atom. The fourth-order valence-corrected chi connectivity index (χ4v) is 2.33. The zero-order valence-corrected chi connectivity index (χ0v) is 13.1. The van der Waals surface area contributed by atoms with Gasteiger partial charge in [0.25, 0.3) is 0 Å². The first-order valence-electron chi connectivity index (χ1n) is 7.68. The van der Waals surface area contributed by atoms with Gasteiger partial charge in [-0.25, -0.2) is 0 Å². The van der Waals surface area contributed by atoms with Crippen LogP contribution in [0, 0.1) is 0 Å². The molecule has 0 bridgehead atoms. The molecule has 1 aromatic carbocycles. The lowest BCUT2D eigenvalue weighted by Crippen LogP contribution is -2.20. The zero-order chi connectivity index (χ0) is 16.6. The van der Waals surface area contributed by atoms with Crippen LogP contribution in [0.4, 0.5) is 0 Å². The molecule has 0 saturated carbocycles. The van der Waals surface area contributed by atoms with Crippen LogP contribution < -0.4 is 5.32 Å². The van der Waals surface area contributed by atoms with Crippen molar-refractivity contribution in [3.05, 3.63) is 90.4 Å². The van der Waals surface area contributed by atoms with E-state index < -0.39 is 0 Å². The van der Waals surface area contributed by atoms with E-state index in [2.05, 4.69) is 15.3 Å². The Labute approximate surface area is 140 Å². The highest BCUT2D eigenvalue weighted by Crippen LogP contribution is 2.19. The van der Waals surface area contributed by atoms with E-state index in [9.17, 15) is 4.79 Å². The molecule has 24 heavy (non-hydrogen) atoms. The maximum Gasteiger partial charge on any atom is 0.244 e. The van der Waals surface area contributed by atoms with Gasteiger partial charge >= 0.3 is 0 Å². The molecular weight excluding hydrogens is 298 g/mol. The third-order valence-electron chi connectivity index (χ3n) is 3.52. The maximum atomic E-state index is 12.0. The van der Waals surface area contributed by atoms with E-state index in [0.717, 1.165) is 22.4 Å². The van der Waals surface area contributed by atoms with Crippen LogP contribution in [0.1, 0.15) is 11.1 Å². The first kappa shape index (κ1) is 15.6. The highest BCUT2D eigenvalue weighted by Gasteiger charge is 2.06. The Bertz CT molecular complexity index is 830. The number of nitrogens with zero attached hydrogens (tertiary/aromatic N) is 2. The second kappa shape index (κ2) is 7.83. The van der Waals surface area contributed by atoms with Crippen molar-refractivity contribution in [2.24, 2.45) is 0 Å². The second-order valence-corrected chi connectivity index (χ2v) is 5.21. The molecule has 0 fully saturated rings. The molecule has 1 amide bonds. The summed E-state index contributed by atoms with van der Waals surface area (Å²) in [7, 11) is 0. The normalized spacial score (nSPS) is 10.7. The molecule has 118 valence electrons. The summed E-state index contributed by atoms with van der Waals surface area (Å²) in [6.07, 6.45) is 8.54. The molecular formula is C20H17N3O. The van der Waals surface area contributed by atoms with E-state index in [0.29, 0.717) is 6.54 Å². The lowest BCUT2D eigenvalue weighted by atomic mass is 10.1. The van der Waals surface area contributed by atoms with Crippen molar-refractivity contribution in [1.29, 1.82) is 0 Å². The Morgan fingerprint density at radius 3 is 2.54 bits per heavy atom. The van der Waals surface area contributed by atoms with Gasteiger partial charge in [0.15, 0.2) is 0 Å². The molecule has 2 heterocycles. The average Bonchev–Trinajstić information content (AvgIpc) is 2.66. The van der Waals surface area contributed by atoms with Gasteiger partial charge in [0.1, 0.15) is 0 Å². The largest absolute Gasteiger partial charge is 0.348 e. The van der Waals surface area contributed by atoms with Crippen LogP contribution in [0.3, 0.4) is 0 Å². The minimum Gasteiger partial charge on any atom is -0.348 e. The van der Waals surface area contributed by atoms with E-state index in [-0.39, 0.29) is 5.91 Å². The number of rotatable bonds is 5. The fourth-order valence-electron chi connectivity index (χ4n) is 2.33. The van der Waals surface area contributed by atoms with Gasteiger partial charge in [-0.15, -0.1) is 0 Å². The zero-order valence-electron chi connectivity index (χ0n) is 13.1. The summed E-state index contributed by atoms with van der Waals surface area (Å²) in [4.78, 5) is 20.5. The van der Waals surface area contributed by atoms with Crippen LogP contribution >= 0.6 is 0 Å². The van der Waals surface area contributed by atoms with Gasteiger partial charge in [-0.2, -0.15) is 0 Å². The van der Waals surface area contributed by atoms with Crippen molar-refractivity contribution < 1.29 is 4.79 Å². The number of nitrogens with one attached hydrogen (secondary N) is 1. The maximum absolute atomic E-state index is 12.0. The van der Waals surface area contributed by atoms with E-state index in [1.54, 1.807) is 24.7 Å². The molecule has 0 aliphatic heterocycles. The molecule has 0 saturated heterocycles. The Balaban J connectivity index is 1.67. The Morgan fingerprint density at radius 2 is 1.75 bits per heavy atom. The number of amides is 1. The number of aromatic nitrogens is 2. The number of benzene rings is 1. The van der Waals surface area contributed by atoms with Crippen molar-refractivity contribution in [2.75, 3.05) is 0 Å². The average molecular weight is 315 g/mol. The lowest BCUT2D eigenvalue weighted by Gasteiger charge is -2.08. The van der Waals surface area contributed by atoms with Crippen molar-refractivity contribution in [1.82, 2.24) is 15.3 Å². The predicted octanol–water partition coefficient (Wildman–Crippen LogP) is 3.47. The van der Waals surface area contributed by atoms with E-state index >= 15 is 0 Å². The molecule has 1 N–H and O–H groups in total. The van der Waals surface area contributed by atoms with Crippen LogP contribution in [0.2, 0.25) is 0 Å². The van der Waals surface area contributed by atoms with Crippen LogP contribution in [0.25, 0.3) is 17.3 Å². The fraction of sp³-hybridized carbons (Fsp3) is 0.0500. The van der Waals surface area contributed by atoms with Crippen molar-refractivity contribution in [3.8, 4) is 11.3 Å². The van der Waals surface area contributed by atoms with Crippen LogP contribution in [0.15, 0.2) is 79.3 Å². The number of hydrogen-bond donors (Lipinski definition) is 1. The number of hydrogen-bond acceptors (Lipinski definition) is 3. The SMILES string of the molecule is O=C(/C=C/c1ccccc1)NCc1cccnc1-c1ccncc1. The molecule has 0 aliphatic rings. The summed E-state index contributed by atoms with van der Waals surface area (Å²) in [6, 6.07) is 17.4. The Kier molecular flexibility index (Phi) is 5.10. The number of carbonyl (C=O) groups is 1. The number of pyridine rings is 2. The second-order valence-electron chi connectivity index (χ2n) is 5.21. The van der Waals surface area contributed by atoms with Gasteiger partial charge in [0.2, 0.25) is 5.91 Å². The molecule has 0 aliphatic carbocycles. The highest BCUT2D eigenvalue weighted by molar-refractivity contribution is 5.91. The molecule has 4 nitrogen and oxygen atoms in total. The minimum absolute atomic E-state index is 0.136. The highest BCUT2D eigenvalue weighted by atomic mass is 16.1. The summed E-state index contributed by atoms with van der Waals surface area (Å²) >= 11 is 0. The third kappa shape index (κ3) is 4.14. The van der Waals surface area contributed by atoms with E-state index in [1.807, 2.05) is 54.6 Å². The Hall–Kier alpha value is -3.27. The monoisotopic (exact) mass is 315 g/mol. The van der Waals surface area contributed by atoms with Crippen molar-refractivity contribution in [3.63, 3.8) is 0 Å². The van der Waals surface area contributed by atoms with Crippen LogP contribution in [-0.2, 0) is 11.3 Å². The molecule has 2 aromatic heterocycles. The number of carbonyl (C=O) groups excluding carboxylic acids is 1. The summed E-state index contributed by atoms with van der Waals surface area (Å²) in [5.41, 5.74) is 3.79. The summed E-state index contributed by atoms with van der Waals surface area (Å²) in [5, 5.41) is 2.90. The quantitative estimate of drug-likeness (QED) is 0.733. The third-order valence-corrected chi connectivity index (χ3v) is 3.52. The van der Waals surface area contributed by atoms with E-state index in [1.165, 1.54) is 6.08 Å². The molecule has 0 unspecified atom stereocenters. The van der Waals surface area contributed by atoms with Gasteiger partial charge in [0, 0.05) is 36.8 Å². The molecule has 0 spiro atoms. The van der Waals surface area contributed by atoms with Crippen LogP contribution in [0.5, 0.6) is 0 Å². The first-order chi connectivity index (χ1) is 11.8. The van der Waals surface area contributed by atoms with Crippen molar-refractivity contribution in [2.45, 2.75) is 6.54 Å². The van der Waals surface area contributed by atoms with Crippen LogP contribution in [-0.4, -0.2) is 15.9 Å². The molecule has 3 aromatic rings. The molecule has 0 atom stereocenters. The van der Waals surface area contributed by atoms with Crippen molar-refractivity contribution >= 4 is 12.0 Å².